The van der Waals surface area contributed by atoms with Gasteiger partial charge in [0, 0.05) is 0 Å². The first-order valence-corrected chi connectivity index (χ1v) is 2.94. The molecule has 1 fully saturated rings. The molecule has 0 aromatic heterocycles. The normalized spacial score (nSPS) is 21.2. The van der Waals surface area contributed by atoms with E-state index in [0.29, 0.717) is 0 Å². The monoisotopic (exact) mass is 182 g/mol. The molecule has 0 radical (unpaired) electrons. The van der Waals surface area contributed by atoms with Crippen molar-refractivity contribution in [1.82, 2.24) is 0 Å². The van der Waals surface area contributed by atoms with Gasteiger partial charge in [0.1, 0.15) is 0 Å². The van der Waals surface area contributed by atoms with Crippen LogP contribution in [-0.4, -0.2) is 61.0 Å². The molecule has 0 spiro atoms. The van der Waals surface area contributed by atoms with Crippen LogP contribution in [0.1, 0.15) is 0 Å². The summed E-state index contributed by atoms with van der Waals surface area (Å²) in [5.74, 6) is -3.55. The van der Waals surface area contributed by atoms with Gasteiger partial charge in [-0.3, -0.25) is 14.4 Å². The second-order valence-electron chi connectivity index (χ2n) is 2.03. The Labute approximate surface area is 90.7 Å². The number of carbonyl (C=O) groups excluding carboxylic acids is 3. The molecule has 0 saturated carbocycles. The third kappa shape index (κ3) is 2.06. The van der Waals surface area contributed by atoms with Gasteiger partial charge in [0.15, 0.2) is 12.4 Å². The van der Waals surface area contributed by atoms with Crippen molar-refractivity contribution in [1.29, 1.82) is 0 Å². The maximum atomic E-state index is 10.7. The van der Waals surface area contributed by atoms with Crippen LogP contribution in [0, 0.1) is 5.92 Å². The summed E-state index contributed by atoms with van der Waals surface area (Å²) in [5, 5.41) is 0. The van der Waals surface area contributed by atoms with Crippen molar-refractivity contribution < 1.29 is 23.9 Å². The van der Waals surface area contributed by atoms with Crippen molar-refractivity contribution in [3.63, 3.8) is 0 Å². The number of Topliss-reactive ketones (excluding diaryl/α,β-unsaturated/α-hetero) is 1. The van der Waals surface area contributed by atoms with E-state index in [2.05, 4.69) is 9.47 Å². The average Bonchev–Trinajstić information content (AvgIpc) is 2.30. The molecule has 1 rings (SSSR count). The molecule has 0 bridgehead atoms. The second-order valence-corrected chi connectivity index (χ2v) is 2.03. The average molecular weight is 182 g/mol. The van der Waals surface area contributed by atoms with Crippen LogP contribution in [0.15, 0.2) is 0 Å². The first-order valence-electron chi connectivity index (χ1n) is 2.94. The van der Waals surface area contributed by atoms with E-state index in [1.165, 1.54) is 0 Å². The van der Waals surface area contributed by atoms with Crippen molar-refractivity contribution >= 4 is 47.3 Å². The first-order chi connectivity index (χ1) is 5.16. The van der Waals surface area contributed by atoms with Gasteiger partial charge in [0.2, 0.25) is 5.92 Å². The zero-order valence-electron chi connectivity index (χ0n) is 5.83. The number of methoxy groups -OCH3 is 1. The summed E-state index contributed by atoms with van der Waals surface area (Å²) in [5.41, 5.74) is 0. The van der Waals surface area contributed by atoms with E-state index in [-0.39, 0.29) is 36.2 Å². The van der Waals surface area contributed by atoms with Crippen LogP contribution >= 0.6 is 0 Å². The Balaban J connectivity index is 0.00000121. The molecule has 1 unspecified atom stereocenters. The van der Waals surface area contributed by atoms with Gasteiger partial charge in [-0.15, -0.1) is 0 Å². The zero-order valence-corrected chi connectivity index (χ0v) is 5.83. The van der Waals surface area contributed by atoms with Gasteiger partial charge in [-0.2, -0.15) is 0 Å². The van der Waals surface area contributed by atoms with Crippen LogP contribution in [0.3, 0.4) is 0 Å². The van der Waals surface area contributed by atoms with Crippen LogP contribution < -0.4 is 0 Å². The molecule has 1 aliphatic rings. The Morgan fingerprint density at radius 3 is 2.50 bits per heavy atom. The summed E-state index contributed by atoms with van der Waals surface area (Å²) in [7, 11) is 1.11. The van der Waals surface area contributed by atoms with Crippen LogP contribution in [0.5, 0.6) is 0 Å². The molecule has 62 valence electrons. The Bertz CT molecular complexity index is 208. The van der Waals surface area contributed by atoms with E-state index in [1.807, 2.05) is 0 Å². The zero-order chi connectivity index (χ0) is 8.43. The number of cyclic esters (lactones) is 1. The van der Waals surface area contributed by atoms with Gasteiger partial charge in [-0.05, 0) is 0 Å². The van der Waals surface area contributed by atoms with Gasteiger partial charge < -0.3 is 9.47 Å². The maximum absolute atomic E-state index is 10.7. The third-order valence-corrected chi connectivity index (χ3v) is 1.35. The van der Waals surface area contributed by atoms with E-state index in [1.54, 1.807) is 0 Å². The van der Waals surface area contributed by atoms with Crippen LogP contribution in [0.25, 0.3) is 0 Å². The topological polar surface area (TPSA) is 69.7 Å². The fraction of sp³-hybridized carbons (Fsp3) is 0.500. The number of ketones is 1. The molecule has 1 aliphatic heterocycles. The Morgan fingerprint density at radius 1 is 1.58 bits per heavy atom. The summed E-state index contributed by atoms with van der Waals surface area (Å²) in [6.07, 6.45) is 0. The van der Waals surface area contributed by atoms with Crippen molar-refractivity contribution in [3.05, 3.63) is 0 Å². The molecule has 1 saturated heterocycles. The molecular formula is C6H7NaO5. The van der Waals surface area contributed by atoms with Gasteiger partial charge in [0.05, 0.1) is 7.11 Å². The number of rotatable bonds is 1. The molecule has 5 nitrogen and oxygen atoms in total. The Kier molecular flexibility index (Phi) is 4.44. The number of ether oxygens (including phenoxy) is 2. The van der Waals surface area contributed by atoms with E-state index >= 15 is 0 Å². The predicted molar refractivity (Wildman–Crippen MR) is 38.6 cm³/mol. The van der Waals surface area contributed by atoms with Crippen molar-refractivity contribution in [2.24, 2.45) is 5.92 Å². The standard InChI is InChI=1S/C6H6O5.Na.H/c1-10-5(8)4-3(7)2-11-6(4)9;;/h4H,2H2,1H3;;. The molecule has 1 atom stereocenters. The molecule has 0 aromatic carbocycles. The molecule has 6 heteroatoms. The SMILES string of the molecule is COC(=O)C1C(=O)COC1=O.[NaH]. The van der Waals surface area contributed by atoms with E-state index in [9.17, 15) is 14.4 Å². The summed E-state index contributed by atoms with van der Waals surface area (Å²) in [6, 6.07) is 0. The quantitative estimate of drug-likeness (QED) is 0.273. The van der Waals surface area contributed by atoms with Crippen LogP contribution in [-0.2, 0) is 23.9 Å². The molecular weight excluding hydrogens is 175 g/mol. The molecule has 0 aliphatic carbocycles. The summed E-state index contributed by atoms with van der Waals surface area (Å²) in [4.78, 5) is 32.1. The number of esters is 2. The molecule has 0 N–H and O–H groups in total. The predicted octanol–water partition coefficient (Wildman–Crippen LogP) is -1.75. The van der Waals surface area contributed by atoms with Crippen LogP contribution in [0.2, 0.25) is 0 Å². The van der Waals surface area contributed by atoms with Crippen molar-refractivity contribution in [3.8, 4) is 0 Å². The van der Waals surface area contributed by atoms with Crippen molar-refractivity contribution in [2.45, 2.75) is 0 Å². The minimum atomic E-state index is -1.35. The van der Waals surface area contributed by atoms with Gasteiger partial charge in [-0.1, -0.05) is 0 Å². The third-order valence-electron chi connectivity index (χ3n) is 1.35. The molecule has 0 aromatic rings. The fourth-order valence-corrected chi connectivity index (χ4v) is 0.786. The second kappa shape index (κ2) is 4.59. The number of carbonyl (C=O) groups is 3. The van der Waals surface area contributed by atoms with Gasteiger partial charge in [0.25, 0.3) is 0 Å². The van der Waals surface area contributed by atoms with E-state index in [0.717, 1.165) is 7.11 Å². The van der Waals surface area contributed by atoms with Crippen molar-refractivity contribution in [2.75, 3.05) is 13.7 Å². The number of hydrogen-bond donors (Lipinski definition) is 0. The number of hydrogen-bond acceptors (Lipinski definition) is 5. The van der Waals surface area contributed by atoms with E-state index in [4.69, 9.17) is 0 Å². The summed E-state index contributed by atoms with van der Waals surface area (Å²) < 4.78 is 8.53. The Hall–Kier alpha value is -0.390. The molecule has 12 heavy (non-hydrogen) atoms. The summed E-state index contributed by atoms with van der Waals surface area (Å²) >= 11 is 0. The molecule has 1 heterocycles. The minimum absolute atomic E-state index is 0. The van der Waals surface area contributed by atoms with Crippen LogP contribution in [0.4, 0.5) is 0 Å². The first kappa shape index (κ1) is 11.6. The van der Waals surface area contributed by atoms with Gasteiger partial charge >= 0.3 is 41.5 Å². The fourth-order valence-electron chi connectivity index (χ4n) is 0.786. The molecule has 0 amide bonds. The Morgan fingerprint density at radius 2 is 2.17 bits per heavy atom. The van der Waals surface area contributed by atoms with E-state index < -0.39 is 23.6 Å². The summed E-state index contributed by atoms with van der Waals surface area (Å²) in [6.45, 7) is -0.321. The van der Waals surface area contributed by atoms with Gasteiger partial charge in [-0.25, -0.2) is 0 Å².